The summed E-state index contributed by atoms with van der Waals surface area (Å²) in [5.74, 6) is 1.41. The van der Waals surface area contributed by atoms with E-state index in [1.54, 1.807) is 0 Å². The van der Waals surface area contributed by atoms with Crippen LogP contribution >= 0.6 is 0 Å². The van der Waals surface area contributed by atoms with Gasteiger partial charge in [-0.3, -0.25) is 0 Å². The molecular formula is C10H19N3O. The highest BCUT2D eigenvalue weighted by Gasteiger charge is 2.27. The van der Waals surface area contributed by atoms with Crippen LogP contribution in [-0.4, -0.2) is 11.7 Å². The van der Waals surface area contributed by atoms with Crippen molar-refractivity contribution < 1.29 is 4.79 Å². The number of nitrogens with zero attached hydrogens (tertiary/aromatic N) is 1. The van der Waals surface area contributed by atoms with E-state index in [0.29, 0.717) is 5.92 Å². The van der Waals surface area contributed by atoms with Crippen LogP contribution in [0.4, 0.5) is 4.79 Å². The predicted octanol–water partition coefficient (Wildman–Crippen LogP) is 1.86. The summed E-state index contributed by atoms with van der Waals surface area (Å²) in [4.78, 5) is 10.4. The first-order valence-corrected chi connectivity index (χ1v) is 5.24. The number of hydrogen-bond acceptors (Lipinski definition) is 2. The smallest absolute Gasteiger partial charge is 0.332 e. The van der Waals surface area contributed by atoms with Crippen molar-refractivity contribution in [2.24, 2.45) is 22.7 Å². The van der Waals surface area contributed by atoms with E-state index >= 15 is 0 Å². The summed E-state index contributed by atoms with van der Waals surface area (Å²) >= 11 is 0. The molecule has 4 nitrogen and oxygen atoms in total. The minimum Gasteiger partial charge on any atom is -0.350 e. The molecule has 3 N–H and O–H groups in total. The second-order valence-electron chi connectivity index (χ2n) is 4.09. The zero-order valence-electron chi connectivity index (χ0n) is 8.92. The van der Waals surface area contributed by atoms with Gasteiger partial charge in [0.25, 0.3) is 0 Å². The molecule has 80 valence electrons. The topological polar surface area (TPSA) is 67.5 Å². The number of primary amides is 1. The largest absolute Gasteiger partial charge is 0.350 e. The number of nitrogens with one attached hydrogen (secondary N) is 1. The van der Waals surface area contributed by atoms with E-state index < -0.39 is 6.03 Å². The van der Waals surface area contributed by atoms with Crippen LogP contribution in [0, 0.1) is 11.8 Å². The van der Waals surface area contributed by atoms with Gasteiger partial charge >= 0.3 is 6.03 Å². The molecule has 0 heterocycles. The Bertz CT molecular complexity index is 238. The molecule has 0 aromatic carbocycles. The summed E-state index contributed by atoms with van der Waals surface area (Å²) < 4.78 is 0. The molecule has 1 aliphatic rings. The monoisotopic (exact) mass is 197 g/mol. The van der Waals surface area contributed by atoms with Gasteiger partial charge in [-0.15, -0.1) is 0 Å². The molecule has 4 heteroatoms. The van der Waals surface area contributed by atoms with Crippen molar-refractivity contribution in [3.63, 3.8) is 0 Å². The molecular weight excluding hydrogens is 178 g/mol. The fraction of sp³-hybridized carbons (Fsp3) is 0.800. The summed E-state index contributed by atoms with van der Waals surface area (Å²) in [6, 6.07) is -0.580. The zero-order valence-corrected chi connectivity index (χ0v) is 8.92. The lowest BCUT2D eigenvalue weighted by Gasteiger charge is -2.11. The first-order chi connectivity index (χ1) is 6.63. The van der Waals surface area contributed by atoms with Crippen molar-refractivity contribution in [2.75, 3.05) is 0 Å². The van der Waals surface area contributed by atoms with Crippen LogP contribution in [0.5, 0.6) is 0 Å². The number of urea groups is 1. The summed E-state index contributed by atoms with van der Waals surface area (Å²) in [5.41, 5.74) is 8.32. The maximum atomic E-state index is 10.4. The van der Waals surface area contributed by atoms with Gasteiger partial charge in [-0.25, -0.2) is 10.2 Å². The van der Waals surface area contributed by atoms with E-state index in [-0.39, 0.29) is 0 Å². The molecule has 0 aromatic heterocycles. The number of nitrogens with two attached hydrogens (primary N) is 1. The average Bonchev–Trinajstić information content (AvgIpc) is 2.45. The number of carbonyl (C=O) groups excluding carboxylic acids is 1. The van der Waals surface area contributed by atoms with Gasteiger partial charge in [-0.2, -0.15) is 5.10 Å². The second-order valence-corrected chi connectivity index (χ2v) is 4.09. The lowest BCUT2D eigenvalue weighted by atomic mass is 9.94. The highest BCUT2D eigenvalue weighted by Crippen LogP contribution is 2.32. The third kappa shape index (κ3) is 3.01. The van der Waals surface area contributed by atoms with Crippen molar-refractivity contribution >= 4 is 11.7 Å². The van der Waals surface area contributed by atoms with Crippen molar-refractivity contribution in [1.82, 2.24) is 5.43 Å². The van der Waals surface area contributed by atoms with Gasteiger partial charge in [0.15, 0.2) is 0 Å². The first-order valence-electron chi connectivity index (χ1n) is 5.24. The predicted molar refractivity (Wildman–Crippen MR) is 57.0 cm³/mol. The fourth-order valence-electron chi connectivity index (χ4n) is 2.11. The molecule has 0 spiro atoms. The molecule has 1 aliphatic carbocycles. The van der Waals surface area contributed by atoms with Crippen LogP contribution in [0.25, 0.3) is 0 Å². The molecule has 0 saturated heterocycles. The molecule has 1 saturated carbocycles. The molecule has 0 bridgehead atoms. The van der Waals surface area contributed by atoms with E-state index in [2.05, 4.69) is 24.4 Å². The molecule has 2 unspecified atom stereocenters. The van der Waals surface area contributed by atoms with Crippen molar-refractivity contribution in [3.05, 3.63) is 0 Å². The van der Waals surface area contributed by atoms with Crippen LogP contribution in [-0.2, 0) is 0 Å². The van der Waals surface area contributed by atoms with Gasteiger partial charge in [0.2, 0.25) is 0 Å². The molecule has 2 atom stereocenters. The van der Waals surface area contributed by atoms with Gasteiger partial charge in [0.1, 0.15) is 0 Å². The Morgan fingerprint density at radius 1 is 1.64 bits per heavy atom. The standard InChI is InChI=1S/C10H19N3O/c1-3-4-8-6-9(5-7(8)2)12-13-10(11)14/h7-8H,3-6H2,1-2H3,(H3,11,13,14)/b12-9-. The van der Waals surface area contributed by atoms with Gasteiger partial charge in [-0.05, 0) is 24.7 Å². The van der Waals surface area contributed by atoms with Gasteiger partial charge < -0.3 is 5.73 Å². The maximum absolute atomic E-state index is 10.4. The SMILES string of the molecule is CCCC1C/C(=N\NC(N)=O)CC1C. The fourth-order valence-corrected chi connectivity index (χ4v) is 2.11. The second kappa shape index (κ2) is 4.98. The van der Waals surface area contributed by atoms with Gasteiger partial charge in [-0.1, -0.05) is 26.7 Å². The van der Waals surface area contributed by atoms with E-state index in [9.17, 15) is 4.79 Å². The normalized spacial score (nSPS) is 29.4. The number of hydrogen-bond donors (Lipinski definition) is 2. The summed E-state index contributed by atoms with van der Waals surface area (Å²) in [6.45, 7) is 4.44. The molecule has 1 rings (SSSR count). The summed E-state index contributed by atoms with van der Waals surface area (Å²) in [7, 11) is 0. The maximum Gasteiger partial charge on any atom is 0.332 e. The highest BCUT2D eigenvalue weighted by atomic mass is 16.2. The van der Waals surface area contributed by atoms with Crippen LogP contribution in [0.3, 0.4) is 0 Å². The Labute approximate surface area is 84.9 Å². The van der Waals surface area contributed by atoms with E-state index in [1.807, 2.05) is 0 Å². The number of amides is 2. The molecule has 0 radical (unpaired) electrons. The molecule has 0 aliphatic heterocycles. The van der Waals surface area contributed by atoms with Gasteiger partial charge in [0.05, 0.1) is 0 Å². The Kier molecular flexibility index (Phi) is 3.92. The summed E-state index contributed by atoms with van der Waals surface area (Å²) in [6.07, 6.45) is 4.46. The summed E-state index contributed by atoms with van der Waals surface area (Å²) in [5, 5.41) is 4.00. The Hall–Kier alpha value is -1.06. The minimum absolute atomic E-state index is 0.580. The minimum atomic E-state index is -0.580. The molecule has 0 aromatic rings. The van der Waals surface area contributed by atoms with Crippen molar-refractivity contribution in [2.45, 2.75) is 39.5 Å². The lowest BCUT2D eigenvalue weighted by Crippen LogP contribution is -2.25. The molecule has 2 amide bonds. The lowest BCUT2D eigenvalue weighted by molar-refractivity contribution is 0.249. The number of carbonyl (C=O) groups is 1. The average molecular weight is 197 g/mol. The Morgan fingerprint density at radius 2 is 2.36 bits per heavy atom. The third-order valence-corrected chi connectivity index (χ3v) is 2.84. The van der Waals surface area contributed by atoms with E-state index in [0.717, 1.165) is 24.5 Å². The Balaban J connectivity index is 2.45. The first kappa shape index (κ1) is 11.0. The van der Waals surface area contributed by atoms with Crippen LogP contribution in [0.1, 0.15) is 39.5 Å². The van der Waals surface area contributed by atoms with E-state index in [4.69, 9.17) is 5.73 Å². The number of rotatable bonds is 3. The quantitative estimate of drug-likeness (QED) is 0.666. The van der Waals surface area contributed by atoms with Crippen LogP contribution < -0.4 is 11.2 Å². The number of hydrazone groups is 1. The highest BCUT2D eigenvalue weighted by molar-refractivity contribution is 5.88. The third-order valence-electron chi connectivity index (χ3n) is 2.84. The Morgan fingerprint density at radius 3 is 2.93 bits per heavy atom. The zero-order chi connectivity index (χ0) is 10.6. The van der Waals surface area contributed by atoms with Gasteiger partial charge in [0, 0.05) is 5.71 Å². The molecule has 1 fully saturated rings. The molecule has 14 heavy (non-hydrogen) atoms. The van der Waals surface area contributed by atoms with Crippen LogP contribution in [0.15, 0.2) is 5.10 Å². The van der Waals surface area contributed by atoms with Crippen molar-refractivity contribution in [3.8, 4) is 0 Å². The van der Waals surface area contributed by atoms with Crippen molar-refractivity contribution in [1.29, 1.82) is 0 Å². The van der Waals surface area contributed by atoms with E-state index in [1.165, 1.54) is 12.8 Å². The van der Waals surface area contributed by atoms with Crippen LogP contribution in [0.2, 0.25) is 0 Å².